The zero-order chi connectivity index (χ0) is 12.7. The van der Waals surface area contributed by atoms with Crippen molar-refractivity contribution in [1.29, 1.82) is 0 Å². The van der Waals surface area contributed by atoms with Crippen LogP contribution in [-0.2, 0) is 0 Å². The molecule has 0 amide bonds. The van der Waals surface area contributed by atoms with E-state index in [0.717, 1.165) is 11.5 Å². The maximum absolute atomic E-state index is 5.49. The number of thioether (sulfide) groups is 4. The molecule has 2 aliphatic heterocycles. The standard InChI is InChI=1S/C9H2Br2S7/c10-4-5(11)17-9(16-4)8-15-3(6(12)18-8)7-13-1-2-14-7/h1-2H. The zero-order valence-corrected chi connectivity index (χ0v) is 17.2. The second kappa shape index (κ2) is 6.31. The summed E-state index contributed by atoms with van der Waals surface area (Å²) in [6.07, 6.45) is 0. The van der Waals surface area contributed by atoms with Crippen LogP contribution in [0.3, 0.4) is 0 Å². The third-order valence-electron chi connectivity index (χ3n) is 1.84. The smallest absolute Gasteiger partial charge is 0.110 e. The molecule has 0 saturated heterocycles. The minimum absolute atomic E-state index is 1.00. The number of hydrogen-bond acceptors (Lipinski definition) is 7. The first-order valence-corrected chi connectivity index (χ1v) is 11.4. The molecule has 1 aromatic heterocycles. The quantitative estimate of drug-likeness (QED) is 0.404. The van der Waals surface area contributed by atoms with E-state index in [1.807, 2.05) is 0 Å². The summed E-state index contributed by atoms with van der Waals surface area (Å²) in [5.41, 5.74) is 0. The lowest BCUT2D eigenvalue weighted by molar-refractivity contribution is 2.04. The van der Waals surface area contributed by atoms with Crippen LogP contribution in [-0.4, -0.2) is 0 Å². The Bertz CT molecular complexity index is 710. The maximum atomic E-state index is 5.49. The Kier molecular flexibility index (Phi) is 5.18. The van der Waals surface area contributed by atoms with Crippen molar-refractivity contribution in [3.8, 4) is 0 Å². The van der Waals surface area contributed by atoms with Crippen molar-refractivity contribution in [3.63, 3.8) is 0 Å². The average Bonchev–Trinajstić information content (AvgIpc) is 3.01. The van der Waals surface area contributed by atoms with Crippen LogP contribution in [0.2, 0.25) is 0 Å². The second-order valence-electron chi connectivity index (χ2n) is 2.94. The topological polar surface area (TPSA) is 0 Å². The number of hydrogen-bond donors (Lipinski definition) is 0. The molecule has 2 aliphatic rings. The average molecular weight is 494 g/mol. The van der Waals surface area contributed by atoms with Gasteiger partial charge in [-0.2, -0.15) is 0 Å². The van der Waals surface area contributed by atoms with Crippen LogP contribution in [0.15, 0.2) is 18.4 Å². The van der Waals surface area contributed by atoms with Gasteiger partial charge in [-0.05, 0) is 42.7 Å². The van der Waals surface area contributed by atoms with Crippen molar-refractivity contribution in [1.82, 2.24) is 0 Å². The van der Waals surface area contributed by atoms with Crippen LogP contribution < -0.4 is 8.38 Å². The maximum Gasteiger partial charge on any atom is 0.110 e. The van der Waals surface area contributed by atoms with Gasteiger partial charge in [0.15, 0.2) is 0 Å². The predicted molar refractivity (Wildman–Crippen MR) is 103 cm³/mol. The molecule has 0 nitrogen and oxygen atoms in total. The van der Waals surface area contributed by atoms with Gasteiger partial charge in [-0.25, -0.2) is 0 Å². The van der Waals surface area contributed by atoms with E-state index in [0.29, 0.717) is 0 Å². The molecule has 0 saturated carbocycles. The lowest BCUT2D eigenvalue weighted by atomic mass is 10.9. The summed E-state index contributed by atoms with van der Waals surface area (Å²) < 4.78 is 8.47. The van der Waals surface area contributed by atoms with Crippen molar-refractivity contribution in [2.45, 2.75) is 0 Å². The molecule has 18 heavy (non-hydrogen) atoms. The van der Waals surface area contributed by atoms with Crippen LogP contribution >= 0.6 is 114 Å². The Morgan fingerprint density at radius 2 is 1.50 bits per heavy atom. The molecule has 0 N–H and O–H groups in total. The first kappa shape index (κ1) is 14.8. The summed E-state index contributed by atoms with van der Waals surface area (Å²) in [7, 11) is 0. The Labute approximate surface area is 151 Å². The molecule has 0 radical (unpaired) electrons. The van der Waals surface area contributed by atoms with Crippen LogP contribution in [0, 0.1) is 3.82 Å². The van der Waals surface area contributed by atoms with Gasteiger partial charge >= 0.3 is 0 Å². The van der Waals surface area contributed by atoms with E-state index in [9.17, 15) is 0 Å². The predicted octanol–water partition coefficient (Wildman–Crippen LogP) is 6.02. The fraction of sp³-hybridized carbons (Fsp3) is 0. The van der Waals surface area contributed by atoms with Crippen LogP contribution in [0.5, 0.6) is 0 Å². The highest BCUT2D eigenvalue weighted by molar-refractivity contribution is 9.17. The normalized spacial score (nSPS) is 19.4. The summed E-state index contributed by atoms with van der Waals surface area (Å²) >= 11 is 23.1. The first-order valence-electron chi connectivity index (χ1n) is 4.43. The van der Waals surface area contributed by atoms with Gasteiger partial charge < -0.3 is 0 Å². The van der Waals surface area contributed by atoms with Crippen LogP contribution in [0.4, 0.5) is 0 Å². The molecule has 3 rings (SSSR count). The SMILES string of the molecule is S=c1sc(=C2SC(Br)=C(Br)S2)sc1=C1SC=CS1. The van der Waals surface area contributed by atoms with Gasteiger partial charge in [0.2, 0.25) is 0 Å². The van der Waals surface area contributed by atoms with E-state index in [2.05, 4.69) is 42.7 Å². The lowest BCUT2D eigenvalue weighted by Gasteiger charge is -1.89. The van der Waals surface area contributed by atoms with Gasteiger partial charge in [0.05, 0.1) is 20.6 Å². The van der Waals surface area contributed by atoms with E-state index in [4.69, 9.17) is 12.2 Å². The Balaban J connectivity index is 2.13. The van der Waals surface area contributed by atoms with Crippen molar-refractivity contribution in [2.24, 2.45) is 0 Å². The summed E-state index contributed by atoms with van der Waals surface area (Å²) in [6.45, 7) is 0. The monoisotopic (exact) mass is 492 g/mol. The van der Waals surface area contributed by atoms with E-state index >= 15 is 0 Å². The van der Waals surface area contributed by atoms with E-state index in [-0.39, 0.29) is 0 Å². The molecule has 9 heteroatoms. The van der Waals surface area contributed by atoms with E-state index in [1.165, 1.54) is 16.9 Å². The third kappa shape index (κ3) is 3.04. The van der Waals surface area contributed by atoms with Crippen molar-refractivity contribution in [2.75, 3.05) is 0 Å². The lowest BCUT2D eigenvalue weighted by Crippen LogP contribution is -1.95. The molecular weight excluding hydrogens is 492 g/mol. The molecule has 3 heterocycles. The Morgan fingerprint density at radius 3 is 2.11 bits per heavy atom. The third-order valence-corrected chi connectivity index (χ3v) is 12.7. The van der Waals surface area contributed by atoms with Gasteiger partial charge in [-0.1, -0.05) is 59.3 Å². The second-order valence-corrected chi connectivity index (χ2v) is 12.9. The molecule has 0 fully saturated rings. The molecule has 0 aliphatic carbocycles. The molecule has 94 valence electrons. The largest absolute Gasteiger partial charge is 0.119 e. The number of halogens is 2. The summed E-state index contributed by atoms with van der Waals surface area (Å²) in [5.74, 6) is 0. The molecule has 0 atom stereocenters. The Morgan fingerprint density at radius 1 is 0.889 bits per heavy atom. The van der Waals surface area contributed by atoms with E-state index in [1.54, 1.807) is 69.7 Å². The summed E-state index contributed by atoms with van der Waals surface area (Å²) in [5, 5.41) is 4.22. The number of rotatable bonds is 0. The van der Waals surface area contributed by atoms with Crippen LogP contribution in [0.25, 0.3) is 8.47 Å². The van der Waals surface area contributed by atoms with Gasteiger partial charge in [-0.3, -0.25) is 0 Å². The minimum atomic E-state index is 1.00. The van der Waals surface area contributed by atoms with Crippen molar-refractivity contribution in [3.05, 3.63) is 30.6 Å². The summed E-state index contributed by atoms with van der Waals surface area (Å²) in [6, 6.07) is 0. The highest BCUT2D eigenvalue weighted by Gasteiger charge is 2.19. The molecule has 1 aromatic rings. The van der Waals surface area contributed by atoms with Gasteiger partial charge in [0, 0.05) is 0 Å². The highest BCUT2D eigenvalue weighted by Crippen LogP contribution is 2.54. The minimum Gasteiger partial charge on any atom is -0.119 e. The molecule has 0 spiro atoms. The first-order chi connectivity index (χ1) is 8.65. The molecular formula is C9H2Br2S7. The van der Waals surface area contributed by atoms with E-state index < -0.39 is 0 Å². The van der Waals surface area contributed by atoms with Gasteiger partial charge in [0.1, 0.15) is 7.67 Å². The van der Waals surface area contributed by atoms with Crippen molar-refractivity contribution < 1.29 is 0 Å². The highest BCUT2D eigenvalue weighted by atomic mass is 79.9. The fourth-order valence-corrected chi connectivity index (χ4v) is 10.7. The Hall–Kier alpha value is 1.85. The fourth-order valence-electron chi connectivity index (χ4n) is 1.16. The molecule has 0 bridgehead atoms. The van der Waals surface area contributed by atoms with Gasteiger partial charge in [0.25, 0.3) is 0 Å². The van der Waals surface area contributed by atoms with Gasteiger partial charge in [-0.15, -0.1) is 22.7 Å². The van der Waals surface area contributed by atoms with Crippen molar-refractivity contribution >= 4 is 122 Å². The summed E-state index contributed by atoms with van der Waals surface area (Å²) in [4.78, 5) is 0. The zero-order valence-electron chi connectivity index (χ0n) is 8.27. The molecule has 0 aromatic carbocycles. The van der Waals surface area contributed by atoms with Crippen LogP contribution in [0.1, 0.15) is 0 Å². The molecule has 0 unspecified atom stereocenters.